The smallest absolute Gasteiger partial charge is 0.325 e. The van der Waals surface area contributed by atoms with E-state index in [1.807, 2.05) is 12.1 Å². The highest BCUT2D eigenvalue weighted by Crippen LogP contribution is 2.32. The average molecular weight is 359 g/mol. The average Bonchev–Trinajstić information content (AvgIpc) is 3.22. The summed E-state index contributed by atoms with van der Waals surface area (Å²) in [5, 5.41) is 5.11. The summed E-state index contributed by atoms with van der Waals surface area (Å²) >= 11 is 0. The van der Waals surface area contributed by atoms with Crippen LogP contribution in [-0.4, -0.2) is 58.2 Å². The predicted molar refractivity (Wildman–Crippen MR) is 90.6 cm³/mol. The van der Waals surface area contributed by atoms with E-state index in [4.69, 9.17) is 0 Å². The molecule has 5 amide bonds. The molecular formula is C17H21N5O4. The number of urea groups is 1. The summed E-state index contributed by atoms with van der Waals surface area (Å²) in [6, 6.07) is 3.07. The maximum Gasteiger partial charge on any atom is 0.325 e. The number of nitrogens with zero attached hydrogens (tertiary/aromatic N) is 3. The minimum absolute atomic E-state index is 0.0631. The number of nitrogens with one attached hydrogen (secondary N) is 2. The molecule has 9 heteroatoms. The maximum atomic E-state index is 12.7. The van der Waals surface area contributed by atoms with Crippen molar-refractivity contribution in [1.29, 1.82) is 0 Å². The van der Waals surface area contributed by atoms with E-state index in [9.17, 15) is 19.2 Å². The van der Waals surface area contributed by atoms with Gasteiger partial charge in [0.1, 0.15) is 6.54 Å². The molecule has 0 aromatic carbocycles. The van der Waals surface area contributed by atoms with Gasteiger partial charge in [0.05, 0.1) is 24.8 Å². The Morgan fingerprint density at radius 2 is 2.19 bits per heavy atom. The number of hydrogen-bond donors (Lipinski definition) is 2. The number of hydrogen-bond acceptors (Lipinski definition) is 5. The van der Waals surface area contributed by atoms with Crippen LogP contribution in [0.2, 0.25) is 0 Å². The fourth-order valence-corrected chi connectivity index (χ4v) is 3.27. The Balaban J connectivity index is 1.70. The van der Waals surface area contributed by atoms with Gasteiger partial charge in [-0.2, -0.15) is 0 Å². The molecule has 3 rings (SSSR count). The molecular weight excluding hydrogens is 338 g/mol. The summed E-state index contributed by atoms with van der Waals surface area (Å²) in [4.78, 5) is 53.9. The van der Waals surface area contributed by atoms with Crippen LogP contribution in [0.1, 0.15) is 37.1 Å². The number of imide groups is 1. The maximum absolute atomic E-state index is 12.7. The van der Waals surface area contributed by atoms with Crippen molar-refractivity contribution < 1.29 is 19.2 Å². The molecule has 0 radical (unpaired) electrons. The van der Waals surface area contributed by atoms with Crippen LogP contribution in [-0.2, 0) is 20.9 Å². The van der Waals surface area contributed by atoms with E-state index in [2.05, 4.69) is 15.6 Å². The van der Waals surface area contributed by atoms with Crippen molar-refractivity contribution in [3.05, 3.63) is 29.6 Å². The van der Waals surface area contributed by atoms with Crippen molar-refractivity contribution in [2.45, 2.75) is 32.4 Å². The summed E-state index contributed by atoms with van der Waals surface area (Å²) < 4.78 is 0. The van der Waals surface area contributed by atoms with Crippen LogP contribution in [0.3, 0.4) is 0 Å². The number of carbonyl (C=O) groups is 4. The second-order valence-electron chi connectivity index (χ2n) is 6.37. The normalized spacial score (nSPS) is 19.7. The lowest BCUT2D eigenvalue weighted by molar-refractivity contribution is -0.137. The first kappa shape index (κ1) is 17.8. The van der Waals surface area contributed by atoms with Crippen molar-refractivity contribution in [3.8, 4) is 0 Å². The van der Waals surface area contributed by atoms with Crippen molar-refractivity contribution in [2.24, 2.45) is 0 Å². The van der Waals surface area contributed by atoms with Gasteiger partial charge in [0.15, 0.2) is 0 Å². The quantitative estimate of drug-likeness (QED) is 0.715. The number of rotatable bonds is 5. The van der Waals surface area contributed by atoms with Gasteiger partial charge in [0.2, 0.25) is 11.8 Å². The van der Waals surface area contributed by atoms with Gasteiger partial charge in [-0.3, -0.25) is 24.3 Å². The minimum Gasteiger partial charge on any atom is -0.351 e. The highest BCUT2D eigenvalue weighted by Gasteiger charge is 2.35. The van der Waals surface area contributed by atoms with Gasteiger partial charge in [0, 0.05) is 19.7 Å². The number of aromatic nitrogens is 1. The summed E-state index contributed by atoms with van der Waals surface area (Å²) in [7, 11) is 0. The van der Waals surface area contributed by atoms with Gasteiger partial charge < -0.3 is 15.5 Å². The van der Waals surface area contributed by atoms with Crippen LogP contribution >= 0.6 is 0 Å². The van der Waals surface area contributed by atoms with Crippen LogP contribution < -0.4 is 10.6 Å². The Hall–Kier alpha value is -2.97. The molecule has 0 unspecified atom stereocenters. The standard InChI is InChI=1S/C17H21N5O4/c1-11(23)19-8-13-7-12(4-5-18-13)14-3-2-6-21(14)16(25)10-22-15(24)9-20-17(22)26/h4-5,7,14H,2-3,6,8-10H2,1H3,(H,19,23)(H,20,26)/t14-/m0/s1. The molecule has 0 aliphatic carbocycles. The highest BCUT2D eigenvalue weighted by molar-refractivity contribution is 6.04. The van der Waals surface area contributed by atoms with E-state index < -0.39 is 6.03 Å². The Morgan fingerprint density at radius 3 is 2.88 bits per heavy atom. The van der Waals surface area contributed by atoms with Gasteiger partial charge in [0.25, 0.3) is 5.91 Å². The van der Waals surface area contributed by atoms with Crippen molar-refractivity contribution in [3.63, 3.8) is 0 Å². The lowest BCUT2D eigenvalue weighted by Crippen LogP contribution is -2.42. The largest absolute Gasteiger partial charge is 0.351 e. The number of likely N-dealkylation sites (tertiary alicyclic amines) is 1. The molecule has 138 valence electrons. The third-order valence-electron chi connectivity index (χ3n) is 4.55. The predicted octanol–water partition coefficient (Wildman–Crippen LogP) is -0.0670. The summed E-state index contributed by atoms with van der Waals surface area (Å²) in [5.74, 6) is -0.776. The molecule has 1 atom stereocenters. The minimum atomic E-state index is -0.527. The first-order chi connectivity index (χ1) is 12.5. The van der Waals surface area contributed by atoms with Crippen molar-refractivity contribution in [2.75, 3.05) is 19.6 Å². The molecule has 3 heterocycles. The Labute approximate surface area is 150 Å². The molecule has 2 saturated heterocycles. The molecule has 2 N–H and O–H groups in total. The fourth-order valence-electron chi connectivity index (χ4n) is 3.27. The monoisotopic (exact) mass is 359 g/mol. The van der Waals surface area contributed by atoms with Crippen LogP contribution in [0.15, 0.2) is 18.3 Å². The number of carbonyl (C=O) groups excluding carboxylic acids is 4. The zero-order valence-electron chi connectivity index (χ0n) is 14.5. The second kappa shape index (κ2) is 7.51. The zero-order valence-corrected chi connectivity index (χ0v) is 14.5. The fraction of sp³-hybridized carbons (Fsp3) is 0.471. The highest BCUT2D eigenvalue weighted by atomic mass is 16.2. The molecule has 1 aromatic heterocycles. The molecule has 0 spiro atoms. The Kier molecular flexibility index (Phi) is 5.15. The van der Waals surface area contributed by atoms with Gasteiger partial charge >= 0.3 is 6.03 Å². The van der Waals surface area contributed by atoms with E-state index in [0.717, 1.165) is 23.3 Å². The second-order valence-corrected chi connectivity index (χ2v) is 6.37. The van der Waals surface area contributed by atoms with Crippen molar-refractivity contribution >= 4 is 23.8 Å². The molecule has 2 aliphatic heterocycles. The number of pyridine rings is 1. The van der Waals surface area contributed by atoms with Gasteiger partial charge in [-0.25, -0.2) is 4.79 Å². The SMILES string of the molecule is CC(=O)NCc1cc([C@@H]2CCCN2C(=O)CN2C(=O)CNC2=O)ccn1. The molecule has 1 aromatic rings. The Bertz CT molecular complexity index is 734. The lowest BCUT2D eigenvalue weighted by atomic mass is 10.0. The molecule has 0 saturated carbocycles. The molecule has 0 bridgehead atoms. The van der Waals surface area contributed by atoms with E-state index in [0.29, 0.717) is 18.8 Å². The lowest BCUT2D eigenvalue weighted by Gasteiger charge is -2.26. The summed E-state index contributed by atoms with van der Waals surface area (Å²) in [5.41, 5.74) is 1.65. The first-order valence-corrected chi connectivity index (χ1v) is 8.52. The summed E-state index contributed by atoms with van der Waals surface area (Å²) in [6.45, 7) is 2.04. The third-order valence-corrected chi connectivity index (χ3v) is 4.55. The summed E-state index contributed by atoms with van der Waals surface area (Å²) in [6.07, 6.45) is 3.31. The van der Waals surface area contributed by atoms with E-state index >= 15 is 0 Å². The van der Waals surface area contributed by atoms with Gasteiger partial charge in [-0.05, 0) is 30.5 Å². The Morgan fingerprint density at radius 1 is 1.38 bits per heavy atom. The first-order valence-electron chi connectivity index (χ1n) is 8.52. The van der Waals surface area contributed by atoms with Crippen LogP contribution in [0.5, 0.6) is 0 Å². The van der Waals surface area contributed by atoms with E-state index in [1.54, 1.807) is 11.1 Å². The zero-order chi connectivity index (χ0) is 18.7. The van der Waals surface area contributed by atoms with Crippen LogP contribution in [0, 0.1) is 0 Å². The van der Waals surface area contributed by atoms with E-state index in [-0.39, 0.29) is 36.9 Å². The number of amides is 5. The van der Waals surface area contributed by atoms with Gasteiger partial charge in [-0.1, -0.05) is 0 Å². The molecule has 2 aliphatic rings. The molecule has 2 fully saturated rings. The van der Waals surface area contributed by atoms with E-state index in [1.165, 1.54) is 6.92 Å². The van der Waals surface area contributed by atoms with Crippen LogP contribution in [0.4, 0.5) is 4.79 Å². The van der Waals surface area contributed by atoms with Gasteiger partial charge in [-0.15, -0.1) is 0 Å². The van der Waals surface area contributed by atoms with Crippen molar-refractivity contribution in [1.82, 2.24) is 25.4 Å². The topological polar surface area (TPSA) is 112 Å². The molecule has 26 heavy (non-hydrogen) atoms. The molecule has 9 nitrogen and oxygen atoms in total. The third kappa shape index (κ3) is 3.81. The van der Waals surface area contributed by atoms with Crippen LogP contribution in [0.25, 0.3) is 0 Å².